The fourth-order valence-corrected chi connectivity index (χ4v) is 13.3. The summed E-state index contributed by atoms with van der Waals surface area (Å²) in [7, 11) is 1.07. The maximum atomic E-state index is 13.2. The van der Waals surface area contributed by atoms with Gasteiger partial charge in [-0.25, -0.2) is 9.59 Å². The summed E-state index contributed by atoms with van der Waals surface area (Å²) in [4.78, 5) is 38.6. The Hall–Kier alpha value is -1.65. The molecule has 3 fully saturated rings. The Bertz CT molecular complexity index is 1480. The summed E-state index contributed by atoms with van der Waals surface area (Å²) >= 11 is 0. The lowest BCUT2D eigenvalue weighted by Gasteiger charge is -2.58. The summed E-state index contributed by atoms with van der Waals surface area (Å²) in [5.41, 5.74) is 1.97. The van der Waals surface area contributed by atoms with Crippen LogP contribution in [-0.4, -0.2) is 83.0 Å². The van der Waals surface area contributed by atoms with Gasteiger partial charge in [0.05, 0.1) is 27.7 Å². The summed E-state index contributed by atoms with van der Waals surface area (Å²) in [6.07, 6.45) is 29.8. The smallest absolute Gasteiger partial charge is 0.508 e. The predicted octanol–water partition coefficient (Wildman–Crippen LogP) is 13.3. The number of allylic oxidation sites excluding steroid dienone is 1. The molecule has 12 heteroatoms. The summed E-state index contributed by atoms with van der Waals surface area (Å²) in [6.45, 7) is 14.4. The summed E-state index contributed by atoms with van der Waals surface area (Å²) < 4.78 is 40.3. The van der Waals surface area contributed by atoms with Gasteiger partial charge >= 0.3 is 12.2 Å². The average Bonchev–Trinajstić information content (AvgIpc) is 3.60. The minimum atomic E-state index is -4.71. The standard InChI is InChI=1S/C53H97N2O9P/c1-10-11-12-13-14-15-16-17-18-19-20-21-22-23-35-54-50(56)63-45(40-62-65(58,59)61-37-36-55(7,8)9)39-60-51(57)64-44-31-33-52(5)43(38-44)27-28-46-48-30-29-47(42(4)26-24-25-41(2)3)53(48,6)34-32-49(46)52/h27,41-42,44-49H,10-26,28-40H2,1-9H3,(H-,54,56,58,59)/t42-,44+,45?,46+,47-,48+,49+,52+,53-/m1/s1. The molecule has 1 amide bonds. The van der Waals surface area contributed by atoms with Crippen LogP contribution in [0.25, 0.3) is 0 Å². The molecular formula is C53H97N2O9P. The number of nitrogens with zero attached hydrogens (tertiary/aromatic N) is 1. The number of unbranched alkanes of at least 4 members (excludes halogenated alkanes) is 13. The van der Waals surface area contributed by atoms with Crippen LogP contribution in [0.5, 0.6) is 0 Å². The highest BCUT2D eigenvalue weighted by Crippen LogP contribution is 2.67. The molecular weight excluding hydrogens is 840 g/mol. The topological polar surface area (TPSA) is 132 Å². The predicted molar refractivity (Wildman–Crippen MR) is 260 cm³/mol. The van der Waals surface area contributed by atoms with Crippen molar-refractivity contribution in [1.82, 2.24) is 5.32 Å². The van der Waals surface area contributed by atoms with Gasteiger partial charge in [0.25, 0.3) is 7.82 Å². The quantitative estimate of drug-likeness (QED) is 0.0237. The fraction of sp³-hybridized carbons (Fsp3) is 0.925. The molecule has 3 saturated carbocycles. The van der Waals surface area contributed by atoms with E-state index in [1.165, 1.54) is 121 Å². The van der Waals surface area contributed by atoms with Crippen molar-refractivity contribution in [1.29, 1.82) is 0 Å². The average molecular weight is 937 g/mol. The minimum Gasteiger partial charge on any atom is -0.756 e. The van der Waals surface area contributed by atoms with Gasteiger partial charge in [-0.1, -0.05) is 156 Å². The lowest BCUT2D eigenvalue weighted by Crippen LogP contribution is -2.51. The monoisotopic (exact) mass is 937 g/mol. The van der Waals surface area contributed by atoms with Crippen LogP contribution in [0.1, 0.15) is 202 Å². The SMILES string of the molecule is CCCCCCCCCCCCCCCCNC(=O)OC(COC(=O)O[C@H]1CC[C@@]2(C)C(=CC[C@H]3[C@@H]4CC[C@H]([C@H](C)CCCC(C)C)[C@@]4(C)CC[C@@H]32)C1)COP(=O)([O-])OCC[N+](C)(C)C. The van der Waals surface area contributed by atoms with Crippen LogP contribution >= 0.6 is 7.82 Å². The molecule has 10 atom stereocenters. The number of amides is 1. The van der Waals surface area contributed by atoms with Crippen molar-refractivity contribution < 1.29 is 46.8 Å². The molecule has 0 aliphatic heterocycles. The molecule has 378 valence electrons. The number of carbonyl (C=O) groups excluding carboxylic acids is 2. The summed E-state index contributed by atoms with van der Waals surface area (Å²) in [5.74, 6) is 4.57. The Kier molecular flexibility index (Phi) is 23.7. The number of rotatable bonds is 31. The Morgan fingerprint density at radius 2 is 1.46 bits per heavy atom. The molecule has 0 saturated heterocycles. The van der Waals surface area contributed by atoms with E-state index in [0.29, 0.717) is 35.3 Å². The van der Waals surface area contributed by atoms with Gasteiger partial charge < -0.3 is 38.0 Å². The third kappa shape index (κ3) is 18.6. The number of nitrogens with one attached hydrogen (secondary N) is 1. The van der Waals surface area contributed by atoms with Crippen LogP contribution < -0.4 is 10.2 Å². The molecule has 0 bridgehead atoms. The van der Waals surface area contributed by atoms with Gasteiger partial charge in [-0.3, -0.25) is 4.57 Å². The molecule has 0 spiro atoms. The number of quaternary nitrogens is 1. The first-order chi connectivity index (χ1) is 30.9. The molecule has 65 heavy (non-hydrogen) atoms. The zero-order valence-corrected chi connectivity index (χ0v) is 43.9. The number of phosphoric acid groups is 1. The van der Waals surface area contributed by atoms with Crippen molar-refractivity contribution >= 4 is 20.1 Å². The number of phosphoric ester groups is 1. The van der Waals surface area contributed by atoms with Crippen LogP contribution in [-0.2, 0) is 27.8 Å². The minimum absolute atomic E-state index is 0.0606. The van der Waals surface area contributed by atoms with E-state index in [9.17, 15) is 19.0 Å². The summed E-state index contributed by atoms with van der Waals surface area (Å²) in [5, 5.41) is 2.76. The first-order valence-corrected chi connectivity index (χ1v) is 28.2. The Morgan fingerprint density at radius 1 is 0.815 bits per heavy atom. The highest BCUT2D eigenvalue weighted by atomic mass is 31.2. The van der Waals surface area contributed by atoms with Crippen molar-refractivity contribution in [2.24, 2.45) is 46.3 Å². The van der Waals surface area contributed by atoms with Crippen LogP contribution in [0.15, 0.2) is 11.6 Å². The van der Waals surface area contributed by atoms with Crippen LogP contribution in [0.4, 0.5) is 9.59 Å². The molecule has 4 aliphatic rings. The van der Waals surface area contributed by atoms with Crippen molar-refractivity contribution in [3.05, 3.63) is 11.6 Å². The number of alkyl carbamates (subject to hydrolysis) is 1. The van der Waals surface area contributed by atoms with E-state index in [4.69, 9.17) is 23.3 Å². The van der Waals surface area contributed by atoms with Gasteiger partial charge in [-0.05, 0) is 97.7 Å². The fourth-order valence-electron chi connectivity index (χ4n) is 12.5. The zero-order chi connectivity index (χ0) is 47.5. The van der Waals surface area contributed by atoms with Crippen molar-refractivity contribution in [3.63, 3.8) is 0 Å². The van der Waals surface area contributed by atoms with Crippen molar-refractivity contribution in [3.8, 4) is 0 Å². The van der Waals surface area contributed by atoms with Crippen molar-refractivity contribution in [2.45, 2.75) is 214 Å². The van der Waals surface area contributed by atoms with Gasteiger partial charge in [0, 0.05) is 13.0 Å². The Balaban J connectivity index is 1.21. The second-order valence-corrected chi connectivity index (χ2v) is 24.4. The van der Waals surface area contributed by atoms with E-state index in [0.717, 1.165) is 68.1 Å². The zero-order valence-electron chi connectivity index (χ0n) is 43.0. The molecule has 0 aromatic heterocycles. The normalized spacial score (nSPS) is 28.3. The molecule has 0 heterocycles. The van der Waals surface area contributed by atoms with Gasteiger partial charge in [-0.2, -0.15) is 0 Å². The van der Waals surface area contributed by atoms with E-state index in [1.54, 1.807) is 0 Å². The van der Waals surface area contributed by atoms with Crippen molar-refractivity contribution in [2.75, 3.05) is 54.1 Å². The molecule has 4 rings (SSSR count). The van der Waals surface area contributed by atoms with Crippen LogP contribution in [0, 0.1) is 46.3 Å². The first kappa shape index (κ1) is 55.9. The Labute approximate surface area is 397 Å². The highest BCUT2D eigenvalue weighted by Gasteiger charge is 2.59. The van der Waals surface area contributed by atoms with Crippen LogP contribution in [0.2, 0.25) is 0 Å². The summed E-state index contributed by atoms with van der Waals surface area (Å²) in [6, 6.07) is 0. The van der Waals surface area contributed by atoms with Gasteiger partial charge in [0.2, 0.25) is 0 Å². The van der Waals surface area contributed by atoms with E-state index < -0.39 is 39.4 Å². The second-order valence-electron chi connectivity index (χ2n) is 23.0. The third-order valence-corrected chi connectivity index (χ3v) is 17.4. The molecule has 1 N–H and O–H groups in total. The van der Waals surface area contributed by atoms with E-state index in [1.807, 2.05) is 21.1 Å². The largest absolute Gasteiger partial charge is 0.756 e. The van der Waals surface area contributed by atoms with Gasteiger partial charge in [-0.15, -0.1) is 0 Å². The number of ether oxygens (including phenoxy) is 3. The number of hydrogen-bond donors (Lipinski definition) is 1. The number of hydrogen-bond acceptors (Lipinski definition) is 9. The number of likely N-dealkylation sites (N-methyl/N-ethyl adjacent to an activating group) is 1. The highest BCUT2D eigenvalue weighted by molar-refractivity contribution is 7.45. The lowest BCUT2D eigenvalue weighted by atomic mass is 9.47. The maximum absolute atomic E-state index is 13.2. The first-order valence-electron chi connectivity index (χ1n) is 26.7. The number of carbonyl (C=O) groups is 2. The maximum Gasteiger partial charge on any atom is 0.508 e. The molecule has 11 nitrogen and oxygen atoms in total. The second kappa shape index (κ2) is 27.5. The molecule has 2 unspecified atom stereocenters. The molecule has 0 aromatic rings. The lowest BCUT2D eigenvalue weighted by molar-refractivity contribution is -0.870. The molecule has 4 aliphatic carbocycles. The molecule has 0 aromatic carbocycles. The van der Waals surface area contributed by atoms with Gasteiger partial charge in [0.1, 0.15) is 25.9 Å². The molecule has 0 radical (unpaired) electrons. The van der Waals surface area contributed by atoms with E-state index in [2.05, 4.69) is 52.9 Å². The van der Waals surface area contributed by atoms with E-state index in [-0.39, 0.29) is 18.1 Å². The van der Waals surface area contributed by atoms with Gasteiger partial charge in [0.15, 0.2) is 6.10 Å². The Morgan fingerprint density at radius 3 is 2.09 bits per heavy atom. The van der Waals surface area contributed by atoms with E-state index >= 15 is 0 Å². The number of fused-ring (bicyclic) bond motifs is 5. The third-order valence-electron chi connectivity index (χ3n) is 16.4. The van der Waals surface area contributed by atoms with Crippen LogP contribution in [0.3, 0.4) is 0 Å².